The Morgan fingerprint density at radius 2 is 2.10 bits per heavy atom. The van der Waals surface area contributed by atoms with Crippen LogP contribution in [0.2, 0.25) is 6.04 Å². The Bertz CT molecular complexity index is 119. The van der Waals surface area contributed by atoms with Gasteiger partial charge in [-0.3, -0.25) is 0 Å². The van der Waals surface area contributed by atoms with Crippen molar-refractivity contribution in [3.63, 3.8) is 0 Å². The maximum absolute atomic E-state index is 5.86. The minimum absolute atomic E-state index is 0.541. The zero-order valence-electron chi connectivity index (χ0n) is 5.16. The van der Waals surface area contributed by atoms with Crippen molar-refractivity contribution >= 4 is 60.9 Å². The highest BCUT2D eigenvalue weighted by atomic mass is 35.7. The van der Waals surface area contributed by atoms with Gasteiger partial charge in [-0.25, -0.2) is 3.75 Å². The molecule has 0 N–H and O–H groups in total. The van der Waals surface area contributed by atoms with E-state index in [4.69, 9.17) is 45.0 Å². The average Bonchev–Trinajstić information content (AvgIpc) is 1.86. The zero-order valence-corrected chi connectivity index (χ0v) is 10.6. The summed E-state index contributed by atoms with van der Waals surface area (Å²) < 4.78 is 1.37. The Morgan fingerprint density at radius 3 is 2.40 bits per heavy atom. The number of halogens is 4. The molecule has 0 spiro atoms. The largest absolute Gasteiger partial charge is 0.336 e. The van der Waals surface area contributed by atoms with Crippen molar-refractivity contribution in [1.29, 1.82) is 0 Å². The van der Waals surface area contributed by atoms with Crippen LogP contribution in [-0.2, 0) is 0 Å². The molecule has 0 amide bonds. The maximum Gasteiger partial charge on any atom is 0.336 e. The highest BCUT2D eigenvalue weighted by Crippen LogP contribution is 2.26. The van der Waals surface area contributed by atoms with E-state index >= 15 is 0 Å². The first-order valence-corrected chi connectivity index (χ1v) is 9.81. The molecule has 1 nitrogen and oxygen atoms in total. The van der Waals surface area contributed by atoms with Gasteiger partial charge in [-0.05, 0) is 11.8 Å². The third-order valence-corrected chi connectivity index (χ3v) is 11.4. The summed E-state index contributed by atoms with van der Waals surface area (Å²) in [5.41, 5.74) is 0. The molecule has 0 unspecified atom stereocenters. The van der Waals surface area contributed by atoms with E-state index in [0.29, 0.717) is 6.04 Å². The van der Waals surface area contributed by atoms with Gasteiger partial charge in [-0.1, -0.05) is 6.08 Å². The van der Waals surface area contributed by atoms with Gasteiger partial charge in [0.2, 0.25) is 8.99 Å². The molecule has 10 heavy (non-hydrogen) atoms. The zero-order chi connectivity index (χ0) is 8.20. The van der Waals surface area contributed by atoms with Crippen LogP contribution in [0.3, 0.4) is 0 Å². The van der Waals surface area contributed by atoms with Gasteiger partial charge in [-0.15, -0.1) is 28.7 Å². The number of rotatable bonds is 4. The lowest BCUT2D eigenvalue weighted by Crippen LogP contribution is -2.38. The Balaban J connectivity index is 3.94. The van der Waals surface area contributed by atoms with Gasteiger partial charge in [-0.2, -0.15) is 11.1 Å². The second kappa shape index (κ2) is 5.03. The van der Waals surface area contributed by atoms with Crippen molar-refractivity contribution in [2.24, 2.45) is 0 Å². The van der Waals surface area contributed by atoms with E-state index < -0.39 is 15.8 Å². The molecule has 0 aliphatic heterocycles. The molecule has 0 aliphatic rings. The van der Waals surface area contributed by atoms with Crippen LogP contribution < -0.4 is 0 Å². The van der Waals surface area contributed by atoms with Crippen molar-refractivity contribution in [3.8, 4) is 0 Å². The van der Waals surface area contributed by atoms with Crippen LogP contribution >= 0.6 is 45.0 Å². The fourth-order valence-corrected chi connectivity index (χ4v) is 6.87. The van der Waals surface area contributed by atoms with Gasteiger partial charge in [0.1, 0.15) is 0 Å². The molecule has 0 heterocycles. The van der Waals surface area contributed by atoms with Crippen molar-refractivity contribution in [2.75, 3.05) is 0 Å². The normalized spacial score (nSPS) is 13.3. The van der Waals surface area contributed by atoms with E-state index in [2.05, 4.69) is 6.58 Å². The van der Waals surface area contributed by atoms with Crippen LogP contribution in [-0.4, -0.2) is 19.6 Å². The molecule has 0 radical (unpaired) electrons. The molecule has 0 aliphatic carbocycles. The molecule has 60 valence electrons. The highest BCUT2D eigenvalue weighted by molar-refractivity contribution is 7.47. The van der Waals surface area contributed by atoms with Crippen LogP contribution in [0.1, 0.15) is 0 Å². The Labute approximate surface area is 83.1 Å². The topological polar surface area (TPSA) is 3.24 Å². The summed E-state index contributed by atoms with van der Waals surface area (Å²) in [6, 6.07) is 0.541. The van der Waals surface area contributed by atoms with Crippen molar-refractivity contribution in [3.05, 3.63) is 12.7 Å². The van der Waals surface area contributed by atoms with Crippen LogP contribution in [0.25, 0.3) is 0 Å². The Hall–Kier alpha value is 1.29. The molecule has 0 fully saturated rings. The molecule has 0 saturated heterocycles. The lowest BCUT2D eigenvalue weighted by atomic mass is 10.8. The van der Waals surface area contributed by atoms with E-state index in [1.165, 1.54) is 3.75 Å². The average molecular weight is 255 g/mol. The van der Waals surface area contributed by atoms with Gasteiger partial charge in [0.15, 0.2) is 0 Å². The molecule has 0 aromatic carbocycles. The van der Waals surface area contributed by atoms with Crippen LogP contribution in [0, 0.1) is 0 Å². The predicted molar refractivity (Wildman–Crippen MR) is 54.6 cm³/mol. The predicted octanol–water partition coefficient (Wildman–Crippen LogP) is 2.28. The Kier molecular flexibility index (Phi) is 5.68. The van der Waals surface area contributed by atoms with E-state index in [0.717, 1.165) is 0 Å². The second-order valence-corrected chi connectivity index (χ2v) is 11.6. The number of hydrogen-bond donors (Lipinski definition) is 0. The van der Waals surface area contributed by atoms with Crippen molar-refractivity contribution in [1.82, 2.24) is 3.75 Å². The molecule has 0 atom stereocenters. The summed E-state index contributed by atoms with van der Waals surface area (Å²) in [5, 5.41) is 0. The lowest BCUT2D eigenvalue weighted by Gasteiger charge is -2.21. The minimum atomic E-state index is -2.45. The summed E-state index contributed by atoms with van der Waals surface area (Å²) in [6.07, 6.45) is 1.66. The molecule has 0 aromatic rings. The van der Waals surface area contributed by atoms with Gasteiger partial charge in [0.25, 0.3) is 0 Å². The third kappa shape index (κ3) is 3.62. The van der Waals surface area contributed by atoms with Gasteiger partial charge < -0.3 is 0 Å². The second-order valence-electron chi connectivity index (χ2n) is 1.64. The standard InChI is InChI=1S/C3H7Cl4NSi2/c1-2-3-10(6,7)8(4)9-5/h2H,1,3,9H2. The van der Waals surface area contributed by atoms with Crippen LogP contribution in [0.5, 0.6) is 0 Å². The first-order valence-electron chi connectivity index (χ1n) is 2.52. The van der Waals surface area contributed by atoms with Gasteiger partial charge >= 0.3 is 6.86 Å². The Morgan fingerprint density at radius 1 is 1.60 bits per heavy atom. The monoisotopic (exact) mass is 253 g/mol. The molecular weight excluding hydrogens is 248 g/mol. The van der Waals surface area contributed by atoms with E-state index in [1.807, 2.05) is 0 Å². The third-order valence-electron chi connectivity index (χ3n) is 0.850. The van der Waals surface area contributed by atoms with Crippen LogP contribution in [0.4, 0.5) is 0 Å². The fraction of sp³-hybridized carbons (Fsp3) is 0.333. The molecule has 0 bridgehead atoms. The smallest absolute Gasteiger partial charge is 0.227 e. The maximum atomic E-state index is 5.86. The summed E-state index contributed by atoms with van der Waals surface area (Å²) in [5.74, 6) is 0. The lowest BCUT2D eigenvalue weighted by molar-refractivity contribution is 1.11. The molecule has 0 saturated carbocycles. The summed E-state index contributed by atoms with van der Waals surface area (Å²) in [6.45, 7) is 1.06. The SMILES string of the molecule is C=CC[Si](Cl)(Cl)N(Cl)[SiH2]Cl. The first-order chi connectivity index (χ1) is 4.54. The van der Waals surface area contributed by atoms with E-state index in [9.17, 15) is 0 Å². The molecule has 7 heteroatoms. The number of hydrogen-bond acceptors (Lipinski definition) is 1. The quantitative estimate of drug-likeness (QED) is 0.322. The fourth-order valence-electron chi connectivity index (χ4n) is 0.360. The molecule has 0 aromatic heterocycles. The number of allylic oxidation sites excluding steroid dienone is 1. The van der Waals surface area contributed by atoms with Gasteiger partial charge in [0, 0.05) is 6.04 Å². The summed E-state index contributed by atoms with van der Waals surface area (Å²) >= 11 is 22.9. The van der Waals surface area contributed by atoms with Crippen LogP contribution in [0.15, 0.2) is 12.7 Å². The van der Waals surface area contributed by atoms with Crippen molar-refractivity contribution < 1.29 is 0 Å². The van der Waals surface area contributed by atoms with Crippen molar-refractivity contribution in [2.45, 2.75) is 6.04 Å². The minimum Gasteiger partial charge on any atom is -0.227 e. The van der Waals surface area contributed by atoms with Gasteiger partial charge in [0.05, 0.1) is 0 Å². The van der Waals surface area contributed by atoms with E-state index in [-0.39, 0.29) is 0 Å². The number of nitrogens with zero attached hydrogens (tertiary/aromatic N) is 1. The summed E-state index contributed by atoms with van der Waals surface area (Å²) in [7, 11) is -0.965. The molecular formula is C3H7Cl4NSi2. The highest BCUT2D eigenvalue weighted by Gasteiger charge is 2.33. The first kappa shape index (κ1) is 11.3. The van der Waals surface area contributed by atoms with E-state index in [1.54, 1.807) is 6.08 Å². The molecule has 0 rings (SSSR count). The summed E-state index contributed by atoms with van der Waals surface area (Å²) in [4.78, 5) is 0.